The number of nitrogens with zero attached hydrogens (tertiary/aromatic N) is 1. The Hall–Kier alpha value is -1.39. The summed E-state index contributed by atoms with van der Waals surface area (Å²) in [6.07, 6.45) is 3.39. The number of nitrogens with one attached hydrogen (secondary N) is 2. The van der Waals surface area contributed by atoms with Gasteiger partial charge in [0.15, 0.2) is 0 Å². The molecule has 1 aromatic carbocycles. The van der Waals surface area contributed by atoms with Crippen LogP contribution in [0.3, 0.4) is 0 Å². The quantitative estimate of drug-likeness (QED) is 0.843. The molecule has 4 nitrogen and oxygen atoms in total. The van der Waals surface area contributed by atoms with Crippen LogP contribution < -0.4 is 10.6 Å². The molecule has 1 aliphatic heterocycles. The van der Waals surface area contributed by atoms with Crippen LogP contribution in [0.15, 0.2) is 24.3 Å². The SMILES string of the molecule is CC(C)N(C)Cc1cccc(CNC(=O)C2CC23CCNCC3)c1. The molecule has 1 aliphatic carbocycles. The van der Waals surface area contributed by atoms with Crippen molar-refractivity contribution in [2.24, 2.45) is 11.3 Å². The second-order valence-electron chi connectivity index (χ2n) is 7.92. The zero-order valence-electron chi connectivity index (χ0n) is 15.3. The minimum atomic E-state index is 0.245. The number of carbonyl (C=O) groups is 1. The number of benzene rings is 1. The molecule has 1 unspecified atom stereocenters. The van der Waals surface area contributed by atoms with E-state index in [4.69, 9.17) is 0 Å². The van der Waals surface area contributed by atoms with Gasteiger partial charge in [-0.1, -0.05) is 24.3 Å². The lowest BCUT2D eigenvalue weighted by molar-refractivity contribution is -0.123. The Morgan fingerprint density at radius 2 is 2.04 bits per heavy atom. The first-order chi connectivity index (χ1) is 11.5. The third kappa shape index (κ3) is 3.98. The normalized spacial score (nSPS) is 22.1. The molecular formula is C20H31N3O. The fraction of sp³-hybridized carbons (Fsp3) is 0.650. The van der Waals surface area contributed by atoms with E-state index in [2.05, 4.69) is 60.7 Å². The molecule has 1 saturated heterocycles. The van der Waals surface area contributed by atoms with Gasteiger partial charge in [0.2, 0.25) is 5.91 Å². The maximum atomic E-state index is 12.5. The van der Waals surface area contributed by atoms with E-state index in [1.807, 2.05) is 0 Å². The molecule has 1 amide bonds. The summed E-state index contributed by atoms with van der Waals surface area (Å²) in [5.41, 5.74) is 2.81. The second kappa shape index (κ2) is 7.24. The predicted octanol–water partition coefficient (Wildman–Crippen LogP) is 2.53. The molecule has 2 aliphatic rings. The summed E-state index contributed by atoms with van der Waals surface area (Å²) in [4.78, 5) is 14.8. The number of piperidine rings is 1. The van der Waals surface area contributed by atoms with Crippen LogP contribution in [-0.2, 0) is 17.9 Å². The number of carbonyl (C=O) groups excluding carboxylic acids is 1. The first kappa shape index (κ1) is 17.4. The van der Waals surface area contributed by atoms with Gasteiger partial charge in [0, 0.05) is 25.0 Å². The summed E-state index contributed by atoms with van der Waals surface area (Å²) < 4.78 is 0. The average molecular weight is 329 g/mol. The molecule has 132 valence electrons. The van der Waals surface area contributed by atoms with E-state index >= 15 is 0 Å². The molecule has 2 N–H and O–H groups in total. The van der Waals surface area contributed by atoms with Gasteiger partial charge >= 0.3 is 0 Å². The molecule has 1 aromatic rings. The van der Waals surface area contributed by atoms with Crippen LogP contribution in [0.2, 0.25) is 0 Å². The molecule has 0 bridgehead atoms. The molecule has 0 aromatic heterocycles. The lowest BCUT2D eigenvalue weighted by atomic mass is 9.92. The summed E-state index contributed by atoms with van der Waals surface area (Å²) >= 11 is 0. The van der Waals surface area contributed by atoms with Crippen LogP contribution in [0.4, 0.5) is 0 Å². The van der Waals surface area contributed by atoms with Crippen molar-refractivity contribution in [1.82, 2.24) is 15.5 Å². The van der Waals surface area contributed by atoms with Crippen molar-refractivity contribution in [2.45, 2.75) is 52.2 Å². The largest absolute Gasteiger partial charge is 0.352 e. The summed E-state index contributed by atoms with van der Waals surface area (Å²) in [5, 5.41) is 6.55. The van der Waals surface area contributed by atoms with Gasteiger partial charge in [0.25, 0.3) is 0 Å². The topological polar surface area (TPSA) is 44.4 Å². The lowest BCUT2D eigenvalue weighted by Crippen LogP contribution is -2.33. The van der Waals surface area contributed by atoms with Crippen molar-refractivity contribution < 1.29 is 4.79 Å². The van der Waals surface area contributed by atoms with Crippen LogP contribution in [0.25, 0.3) is 0 Å². The van der Waals surface area contributed by atoms with Gasteiger partial charge < -0.3 is 10.6 Å². The van der Waals surface area contributed by atoms with Crippen molar-refractivity contribution in [3.05, 3.63) is 35.4 Å². The molecule has 3 rings (SSSR count). The highest BCUT2D eigenvalue weighted by molar-refractivity contribution is 5.82. The van der Waals surface area contributed by atoms with Crippen LogP contribution in [0, 0.1) is 11.3 Å². The number of hydrogen-bond acceptors (Lipinski definition) is 3. The average Bonchev–Trinajstić information content (AvgIpc) is 3.26. The third-order valence-electron chi connectivity index (χ3n) is 5.88. The molecule has 1 atom stereocenters. The van der Waals surface area contributed by atoms with Gasteiger partial charge in [-0.3, -0.25) is 9.69 Å². The molecule has 1 heterocycles. The Morgan fingerprint density at radius 3 is 2.75 bits per heavy atom. The summed E-state index contributed by atoms with van der Waals surface area (Å²) in [5.74, 6) is 0.497. The predicted molar refractivity (Wildman–Crippen MR) is 97.5 cm³/mol. The second-order valence-corrected chi connectivity index (χ2v) is 7.92. The standard InChI is InChI=1S/C20H31N3O/c1-15(2)23(3)14-17-6-4-5-16(11-17)13-22-19(24)18-12-20(18)7-9-21-10-8-20/h4-6,11,15,18,21H,7-10,12-14H2,1-3H3,(H,22,24). The molecular weight excluding hydrogens is 298 g/mol. The van der Waals surface area contributed by atoms with E-state index < -0.39 is 0 Å². The third-order valence-corrected chi connectivity index (χ3v) is 5.88. The minimum absolute atomic E-state index is 0.245. The number of hydrogen-bond donors (Lipinski definition) is 2. The van der Waals surface area contributed by atoms with Crippen molar-refractivity contribution in [1.29, 1.82) is 0 Å². The van der Waals surface area contributed by atoms with Gasteiger partial charge in [-0.2, -0.15) is 0 Å². The maximum Gasteiger partial charge on any atom is 0.223 e. The first-order valence-electron chi connectivity index (χ1n) is 9.27. The number of amides is 1. The first-order valence-corrected chi connectivity index (χ1v) is 9.27. The highest BCUT2D eigenvalue weighted by Crippen LogP contribution is 2.58. The van der Waals surface area contributed by atoms with Crippen LogP contribution in [-0.4, -0.2) is 37.0 Å². The van der Waals surface area contributed by atoms with Gasteiger partial charge in [-0.05, 0) is 69.8 Å². The molecule has 4 heteroatoms. The van der Waals surface area contributed by atoms with E-state index in [0.717, 1.165) is 38.9 Å². The van der Waals surface area contributed by atoms with Gasteiger partial charge in [0.1, 0.15) is 0 Å². The monoisotopic (exact) mass is 329 g/mol. The fourth-order valence-corrected chi connectivity index (χ4v) is 3.82. The fourth-order valence-electron chi connectivity index (χ4n) is 3.82. The van der Waals surface area contributed by atoms with Crippen molar-refractivity contribution >= 4 is 5.91 Å². The van der Waals surface area contributed by atoms with Gasteiger partial charge in [0.05, 0.1) is 0 Å². The van der Waals surface area contributed by atoms with Crippen molar-refractivity contribution in [3.63, 3.8) is 0 Å². The Kier molecular flexibility index (Phi) is 5.26. The van der Waals surface area contributed by atoms with Gasteiger partial charge in [-0.25, -0.2) is 0 Å². The lowest BCUT2D eigenvalue weighted by Gasteiger charge is -2.23. The molecule has 24 heavy (non-hydrogen) atoms. The summed E-state index contributed by atoms with van der Waals surface area (Å²) in [7, 11) is 2.14. The van der Waals surface area contributed by atoms with Crippen LogP contribution in [0.1, 0.15) is 44.2 Å². The maximum absolute atomic E-state index is 12.5. The Labute approximate surface area is 146 Å². The van der Waals surface area contributed by atoms with E-state index in [0.29, 0.717) is 18.0 Å². The smallest absolute Gasteiger partial charge is 0.223 e. The van der Waals surface area contributed by atoms with Crippen molar-refractivity contribution in [3.8, 4) is 0 Å². The van der Waals surface area contributed by atoms with E-state index in [1.165, 1.54) is 11.1 Å². The summed E-state index contributed by atoms with van der Waals surface area (Å²) in [6, 6.07) is 9.11. The summed E-state index contributed by atoms with van der Waals surface area (Å²) in [6.45, 7) is 8.12. The minimum Gasteiger partial charge on any atom is -0.352 e. The molecule has 2 fully saturated rings. The number of rotatable bonds is 6. The van der Waals surface area contributed by atoms with E-state index in [9.17, 15) is 4.79 Å². The molecule has 0 radical (unpaired) electrons. The Balaban J connectivity index is 1.51. The van der Waals surface area contributed by atoms with Crippen molar-refractivity contribution in [2.75, 3.05) is 20.1 Å². The highest BCUT2D eigenvalue weighted by Gasteiger charge is 2.57. The van der Waals surface area contributed by atoms with Crippen LogP contribution >= 0.6 is 0 Å². The van der Waals surface area contributed by atoms with Gasteiger partial charge in [-0.15, -0.1) is 0 Å². The zero-order chi connectivity index (χ0) is 17.2. The zero-order valence-corrected chi connectivity index (χ0v) is 15.3. The van der Waals surface area contributed by atoms with E-state index in [-0.39, 0.29) is 11.8 Å². The van der Waals surface area contributed by atoms with Crippen LogP contribution in [0.5, 0.6) is 0 Å². The molecule has 1 saturated carbocycles. The Bertz CT molecular complexity index is 578. The molecule has 1 spiro atoms. The highest BCUT2D eigenvalue weighted by atomic mass is 16.2. The Morgan fingerprint density at radius 1 is 1.33 bits per heavy atom. The van der Waals surface area contributed by atoms with E-state index in [1.54, 1.807) is 0 Å².